The SMILES string of the molecule is O=C(NCC(c1ccco1)N1CCN(c2ccc(F)cc2)CC1)c1ccccc1Oc1ccccc1. The first kappa shape index (κ1) is 23.6. The number of nitrogens with one attached hydrogen (secondary N) is 1. The number of para-hydroxylation sites is 2. The smallest absolute Gasteiger partial charge is 0.255 e. The molecule has 184 valence electrons. The van der Waals surface area contributed by atoms with Gasteiger partial charge in [-0.1, -0.05) is 30.3 Å². The van der Waals surface area contributed by atoms with E-state index < -0.39 is 0 Å². The second kappa shape index (κ2) is 11.1. The molecule has 5 rings (SSSR count). The summed E-state index contributed by atoms with van der Waals surface area (Å²) < 4.78 is 25.0. The molecule has 3 aromatic carbocycles. The molecule has 1 amide bonds. The Kier molecular flexibility index (Phi) is 7.28. The molecular weight excluding hydrogens is 457 g/mol. The van der Waals surface area contributed by atoms with E-state index in [1.165, 1.54) is 12.1 Å². The van der Waals surface area contributed by atoms with Gasteiger partial charge < -0.3 is 19.4 Å². The molecule has 1 fully saturated rings. The van der Waals surface area contributed by atoms with Crippen LogP contribution in [-0.4, -0.2) is 43.5 Å². The van der Waals surface area contributed by atoms with Crippen molar-refractivity contribution in [3.8, 4) is 11.5 Å². The summed E-state index contributed by atoms with van der Waals surface area (Å²) in [5, 5.41) is 3.08. The number of anilines is 1. The van der Waals surface area contributed by atoms with Gasteiger partial charge in [0.2, 0.25) is 0 Å². The van der Waals surface area contributed by atoms with Crippen LogP contribution in [0.3, 0.4) is 0 Å². The molecule has 36 heavy (non-hydrogen) atoms. The molecule has 0 saturated carbocycles. The monoisotopic (exact) mass is 485 g/mol. The molecule has 1 atom stereocenters. The molecule has 0 aliphatic carbocycles. The lowest BCUT2D eigenvalue weighted by Crippen LogP contribution is -2.49. The summed E-state index contributed by atoms with van der Waals surface area (Å²) in [7, 11) is 0. The average Bonchev–Trinajstić information content (AvgIpc) is 3.45. The predicted octanol–water partition coefficient (Wildman–Crippen LogP) is 5.50. The maximum absolute atomic E-state index is 13.3. The Hall–Kier alpha value is -4.10. The zero-order chi connectivity index (χ0) is 24.7. The molecule has 1 N–H and O–H groups in total. The summed E-state index contributed by atoms with van der Waals surface area (Å²) >= 11 is 0. The van der Waals surface area contributed by atoms with E-state index in [9.17, 15) is 9.18 Å². The first-order valence-corrected chi connectivity index (χ1v) is 12.1. The molecule has 6 nitrogen and oxygen atoms in total. The Balaban J connectivity index is 1.25. The third-order valence-electron chi connectivity index (χ3n) is 6.38. The van der Waals surface area contributed by atoms with Gasteiger partial charge in [-0.3, -0.25) is 9.69 Å². The van der Waals surface area contributed by atoms with E-state index in [1.54, 1.807) is 18.4 Å². The number of hydrogen-bond donors (Lipinski definition) is 1. The number of amides is 1. The van der Waals surface area contributed by atoms with Crippen molar-refractivity contribution < 1.29 is 18.3 Å². The summed E-state index contributed by atoms with van der Waals surface area (Å²) in [5.41, 5.74) is 1.48. The molecular formula is C29H28FN3O3. The average molecular weight is 486 g/mol. The van der Waals surface area contributed by atoms with Crippen molar-refractivity contribution in [2.24, 2.45) is 0 Å². The van der Waals surface area contributed by atoms with Gasteiger partial charge in [0.15, 0.2) is 0 Å². The Morgan fingerprint density at radius 1 is 0.889 bits per heavy atom. The van der Waals surface area contributed by atoms with E-state index in [0.29, 0.717) is 23.6 Å². The number of carbonyl (C=O) groups is 1. The minimum atomic E-state index is -0.234. The summed E-state index contributed by atoms with van der Waals surface area (Å²) in [6, 6.07) is 26.9. The Labute approximate surface area is 209 Å². The van der Waals surface area contributed by atoms with E-state index in [4.69, 9.17) is 9.15 Å². The molecule has 1 aromatic heterocycles. The number of carbonyl (C=O) groups excluding carboxylic acids is 1. The summed E-state index contributed by atoms with van der Waals surface area (Å²) in [4.78, 5) is 17.7. The second-order valence-corrected chi connectivity index (χ2v) is 8.65. The molecule has 0 spiro atoms. The Bertz CT molecular complexity index is 1250. The number of halogens is 1. The van der Waals surface area contributed by atoms with E-state index >= 15 is 0 Å². The number of ether oxygens (including phenoxy) is 1. The van der Waals surface area contributed by atoms with E-state index in [1.807, 2.05) is 66.7 Å². The maximum Gasteiger partial charge on any atom is 0.255 e. The number of rotatable bonds is 8. The van der Waals surface area contributed by atoms with Crippen molar-refractivity contribution in [3.63, 3.8) is 0 Å². The Morgan fingerprint density at radius 3 is 2.33 bits per heavy atom. The lowest BCUT2D eigenvalue weighted by molar-refractivity contribution is 0.0920. The minimum absolute atomic E-state index is 0.110. The van der Waals surface area contributed by atoms with Crippen LogP contribution in [0.5, 0.6) is 11.5 Å². The number of piperazine rings is 1. The van der Waals surface area contributed by atoms with E-state index in [2.05, 4.69) is 15.1 Å². The van der Waals surface area contributed by atoms with Gasteiger partial charge in [-0.2, -0.15) is 0 Å². The maximum atomic E-state index is 13.3. The van der Waals surface area contributed by atoms with Crippen LogP contribution in [-0.2, 0) is 0 Å². The van der Waals surface area contributed by atoms with Gasteiger partial charge in [-0.15, -0.1) is 0 Å². The first-order valence-electron chi connectivity index (χ1n) is 12.1. The fourth-order valence-electron chi connectivity index (χ4n) is 4.48. The quantitative estimate of drug-likeness (QED) is 0.357. The van der Waals surface area contributed by atoms with Gasteiger partial charge in [-0.05, 0) is 60.7 Å². The largest absolute Gasteiger partial charge is 0.468 e. The van der Waals surface area contributed by atoms with Crippen molar-refractivity contribution in [3.05, 3.63) is 114 Å². The van der Waals surface area contributed by atoms with Crippen LogP contribution in [0.1, 0.15) is 22.2 Å². The van der Waals surface area contributed by atoms with Crippen LogP contribution < -0.4 is 15.0 Å². The van der Waals surface area contributed by atoms with E-state index in [-0.39, 0.29) is 17.8 Å². The van der Waals surface area contributed by atoms with E-state index in [0.717, 1.165) is 37.6 Å². The number of nitrogens with zero attached hydrogens (tertiary/aromatic N) is 2. The molecule has 1 aliphatic rings. The highest BCUT2D eigenvalue weighted by Crippen LogP contribution is 2.27. The highest BCUT2D eigenvalue weighted by molar-refractivity contribution is 5.97. The van der Waals surface area contributed by atoms with Gasteiger partial charge >= 0.3 is 0 Å². The molecule has 7 heteroatoms. The third-order valence-corrected chi connectivity index (χ3v) is 6.38. The normalized spacial score (nSPS) is 14.9. The summed E-state index contributed by atoms with van der Waals surface area (Å²) in [6.07, 6.45) is 1.65. The molecule has 0 radical (unpaired) electrons. The van der Waals surface area contributed by atoms with Crippen LogP contribution in [0.4, 0.5) is 10.1 Å². The first-order chi connectivity index (χ1) is 17.7. The number of benzene rings is 3. The lowest BCUT2D eigenvalue weighted by Gasteiger charge is -2.39. The lowest BCUT2D eigenvalue weighted by atomic mass is 10.1. The molecule has 1 aliphatic heterocycles. The van der Waals surface area contributed by atoms with Crippen molar-refractivity contribution in [1.29, 1.82) is 0 Å². The van der Waals surface area contributed by atoms with Crippen molar-refractivity contribution in [2.75, 3.05) is 37.6 Å². The minimum Gasteiger partial charge on any atom is -0.468 e. The van der Waals surface area contributed by atoms with Gasteiger partial charge in [-0.25, -0.2) is 4.39 Å². The van der Waals surface area contributed by atoms with Gasteiger partial charge in [0.25, 0.3) is 5.91 Å². The van der Waals surface area contributed by atoms with Crippen LogP contribution >= 0.6 is 0 Å². The summed E-state index contributed by atoms with van der Waals surface area (Å²) in [5.74, 6) is 1.54. The predicted molar refractivity (Wildman–Crippen MR) is 137 cm³/mol. The van der Waals surface area contributed by atoms with Gasteiger partial charge in [0.1, 0.15) is 23.1 Å². The van der Waals surface area contributed by atoms with Gasteiger partial charge in [0.05, 0.1) is 17.9 Å². The molecule has 2 heterocycles. The molecule has 1 saturated heterocycles. The topological polar surface area (TPSA) is 58.0 Å². The van der Waals surface area contributed by atoms with Crippen LogP contribution in [0.25, 0.3) is 0 Å². The molecule has 0 bridgehead atoms. The molecule has 4 aromatic rings. The second-order valence-electron chi connectivity index (χ2n) is 8.65. The third kappa shape index (κ3) is 5.58. The highest BCUT2D eigenvalue weighted by atomic mass is 19.1. The van der Waals surface area contributed by atoms with Crippen LogP contribution in [0, 0.1) is 5.82 Å². The zero-order valence-electron chi connectivity index (χ0n) is 19.8. The highest BCUT2D eigenvalue weighted by Gasteiger charge is 2.28. The number of furan rings is 1. The Morgan fingerprint density at radius 2 is 1.61 bits per heavy atom. The van der Waals surface area contributed by atoms with Crippen LogP contribution in [0.15, 0.2) is 102 Å². The van der Waals surface area contributed by atoms with Gasteiger partial charge in [0, 0.05) is 38.4 Å². The fourth-order valence-corrected chi connectivity index (χ4v) is 4.48. The standard InChI is InChI=1S/C29H28FN3O3/c30-22-12-14-23(15-13-22)32-16-18-33(19-17-32)26(28-11-6-20-35-28)21-31-29(34)25-9-4-5-10-27(25)36-24-7-2-1-3-8-24/h1-15,20,26H,16-19,21H2,(H,31,34). The van der Waals surface area contributed by atoms with Crippen molar-refractivity contribution >= 4 is 11.6 Å². The zero-order valence-corrected chi connectivity index (χ0v) is 19.8. The summed E-state index contributed by atoms with van der Waals surface area (Å²) in [6.45, 7) is 3.55. The fraction of sp³-hybridized carbons (Fsp3) is 0.207. The molecule has 1 unspecified atom stereocenters. The number of hydrogen-bond acceptors (Lipinski definition) is 5. The van der Waals surface area contributed by atoms with Crippen molar-refractivity contribution in [2.45, 2.75) is 6.04 Å². The van der Waals surface area contributed by atoms with Crippen LogP contribution in [0.2, 0.25) is 0 Å². The van der Waals surface area contributed by atoms with Crippen molar-refractivity contribution in [1.82, 2.24) is 10.2 Å².